The summed E-state index contributed by atoms with van der Waals surface area (Å²) >= 11 is 0. The van der Waals surface area contributed by atoms with Crippen LogP contribution in [0.1, 0.15) is 25.7 Å². The molecule has 0 aromatic rings. The van der Waals surface area contributed by atoms with Crippen LogP contribution in [0.2, 0.25) is 0 Å². The minimum atomic E-state index is -0.477. The summed E-state index contributed by atoms with van der Waals surface area (Å²) < 4.78 is 8.59. The third-order valence-corrected chi connectivity index (χ3v) is 3.08. The Morgan fingerprint density at radius 3 is 1.95 bits per heavy atom. The van der Waals surface area contributed by atoms with Gasteiger partial charge in [0.1, 0.15) is 0 Å². The van der Waals surface area contributed by atoms with Gasteiger partial charge >= 0.3 is 23.9 Å². The predicted molar refractivity (Wildman–Crippen MR) is 61.4 cm³/mol. The number of hydrogen-bond donors (Lipinski definition) is 0. The van der Waals surface area contributed by atoms with Crippen molar-refractivity contribution in [3.8, 4) is 0 Å². The molecule has 0 aromatic carbocycles. The number of rotatable bonds is 1. The van der Waals surface area contributed by atoms with Crippen LogP contribution in [0.3, 0.4) is 0 Å². The average molecular weight is 264 g/mol. The third kappa shape index (κ3) is 2.62. The van der Waals surface area contributed by atoms with Crippen LogP contribution < -0.4 is 0 Å². The number of carbonyl (C=O) groups excluding carboxylic acids is 4. The first-order valence-corrected chi connectivity index (χ1v) is 5.88. The van der Waals surface area contributed by atoms with Gasteiger partial charge in [0.15, 0.2) is 0 Å². The molecule has 0 saturated carbocycles. The first-order valence-electron chi connectivity index (χ1n) is 5.88. The van der Waals surface area contributed by atoms with Crippen LogP contribution in [0.15, 0.2) is 23.8 Å². The molecule has 100 valence electrons. The van der Waals surface area contributed by atoms with E-state index in [4.69, 9.17) is 0 Å². The molecule has 6 nitrogen and oxygen atoms in total. The van der Waals surface area contributed by atoms with Gasteiger partial charge in [-0.15, -0.1) is 6.58 Å². The Hall–Kier alpha value is -2.24. The van der Waals surface area contributed by atoms with E-state index in [0.29, 0.717) is 11.1 Å². The van der Waals surface area contributed by atoms with E-state index in [2.05, 4.69) is 16.1 Å². The summed E-state index contributed by atoms with van der Waals surface area (Å²) in [6, 6.07) is 0. The lowest BCUT2D eigenvalue weighted by Crippen LogP contribution is -2.03. The molecule has 1 saturated heterocycles. The summed E-state index contributed by atoms with van der Waals surface area (Å²) in [6.45, 7) is 3.37. The number of hydrogen-bond acceptors (Lipinski definition) is 6. The quantitative estimate of drug-likeness (QED) is 0.396. The zero-order valence-electron chi connectivity index (χ0n) is 10.1. The van der Waals surface area contributed by atoms with E-state index in [9.17, 15) is 19.2 Å². The predicted octanol–water partition coefficient (Wildman–Crippen LogP) is 0.812. The number of cyclic esters (lactones) is 4. The van der Waals surface area contributed by atoms with Crippen molar-refractivity contribution in [2.45, 2.75) is 25.7 Å². The lowest BCUT2D eigenvalue weighted by molar-refractivity contribution is -0.153. The lowest BCUT2D eigenvalue weighted by atomic mass is 10.1. The van der Waals surface area contributed by atoms with E-state index in [1.807, 2.05) is 0 Å². The van der Waals surface area contributed by atoms with E-state index in [-0.39, 0.29) is 6.42 Å². The summed E-state index contributed by atoms with van der Waals surface area (Å²) in [6.07, 6.45) is 3.95. The fraction of sp³-hybridized carbons (Fsp3) is 0.385. The van der Waals surface area contributed by atoms with Crippen LogP contribution in [-0.2, 0) is 28.7 Å². The minimum Gasteiger partial charge on any atom is -0.393 e. The number of ether oxygens (including phenoxy) is 2. The highest BCUT2D eigenvalue weighted by Gasteiger charge is 2.35. The summed E-state index contributed by atoms with van der Waals surface area (Å²) in [5.74, 6) is -2.17. The van der Waals surface area contributed by atoms with Crippen molar-refractivity contribution in [3.05, 3.63) is 23.8 Å². The molecule has 0 amide bonds. The van der Waals surface area contributed by atoms with Crippen LogP contribution in [0.4, 0.5) is 0 Å². The van der Waals surface area contributed by atoms with Crippen molar-refractivity contribution in [2.24, 2.45) is 5.92 Å². The van der Waals surface area contributed by atoms with Gasteiger partial charge in [0, 0.05) is 11.1 Å². The van der Waals surface area contributed by atoms with Gasteiger partial charge in [-0.25, -0.2) is 9.59 Å². The molecular formula is C13H12O6. The molecule has 0 radical (unpaired) electrons. The maximum Gasteiger partial charge on any atom is 0.342 e. The first kappa shape index (κ1) is 13.2. The summed E-state index contributed by atoms with van der Waals surface area (Å²) in [4.78, 5) is 42.4. The molecule has 3 aliphatic rings. The Balaban J connectivity index is 0.000000141. The topological polar surface area (TPSA) is 86.7 Å². The third-order valence-electron chi connectivity index (χ3n) is 3.08. The molecule has 2 aliphatic heterocycles. The Kier molecular flexibility index (Phi) is 3.59. The minimum absolute atomic E-state index is 0.155. The normalized spacial score (nSPS) is 24.7. The summed E-state index contributed by atoms with van der Waals surface area (Å²) in [5.41, 5.74) is 1.23. The SMILES string of the molecule is C=CC1CC(=O)OC1=O.O=C1OC(=O)C2=C1CCC2. The molecule has 0 N–H and O–H groups in total. The molecule has 0 aromatic heterocycles. The summed E-state index contributed by atoms with van der Waals surface area (Å²) in [5, 5.41) is 0. The maximum absolute atomic E-state index is 10.8. The molecule has 1 atom stereocenters. The van der Waals surface area contributed by atoms with Crippen molar-refractivity contribution in [2.75, 3.05) is 0 Å². The van der Waals surface area contributed by atoms with Gasteiger partial charge in [0.25, 0.3) is 0 Å². The van der Waals surface area contributed by atoms with Gasteiger partial charge in [-0.1, -0.05) is 6.08 Å². The second-order valence-electron chi connectivity index (χ2n) is 4.33. The molecular weight excluding hydrogens is 252 g/mol. The molecule has 6 heteroatoms. The van der Waals surface area contributed by atoms with Gasteiger partial charge in [-0.3, -0.25) is 9.59 Å². The molecule has 2 heterocycles. The van der Waals surface area contributed by atoms with Crippen molar-refractivity contribution < 1.29 is 28.7 Å². The highest BCUT2D eigenvalue weighted by molar-refractivity contribution is 6.12. The zero-order chi connectivity index (χ0) is 14.0. The van der Waals surface area contributed by atoms with Gasteiger partial charge < -0.3 is 9.47 Å². The first-order chi connectivity index (χ1) is 9.02. The highest BCUT2D eigenvalue weighted by Crippen LogP contribution is 2.32. The second kappa shape index (κ2) is 5.17. The largest absolute Gasteiger partial charge is 0.393 e. The van der Waals surface area contributed by atoms with Crippen LogP contribution >= 0.6 is 0 Å². The highest BCUT2D eigenvalue weighted by atomic mass is 16.6. The van der Waals surface area contributed by atoms with Crippen molar-refractivity contribution in [3.63, 3.8) is 0 Å². The Morgan fingerprint density at radius 1 is 1.00 bits per heavy atom. The fourth-order valence-electron chi connectivity index (χ4n) is 2.07. The van der Waals surface area contributed by atoms with Crippen LogP contribution in [-0.4, -0.2) is 23.9 Å². The van der Waals surface area contributed by atoms with Crippen LogP contribution in [0.25, 0.3) is 0 Å². The maximum atomic E-state index is 10.8. The number of carbonyl (C=O) groups is 4. The zero-order valence-corrected chi connectivity index (χ0v) is 10.1. The van der Waals surface area contributed by atoms with Crippen molar-refractivity contribution in [1.82, 2.24) is 0 Å². The smallest absolute Gasteiger partial charge is 0.342 e. The van der Waals surface area contributed by atoms with Gasteiger partial charge in [-0.05, 0) is 19.3 Å². The van der Waals surface area contributed by atoms with Gasteiger partial charge in [-0.2, -0.15) is 0 Å². The molecule has 0 spiro atoms. The van der Waals surface area contributed by atoms with E-state index in [1.54, 1.807) is 0 Å². The van der Waals surface area contributed by atoms with Crippen molar-refractivity contribution >= 4 is 23.9 Å². The van der Waals surface area contributed by atoms with Crippen LogP contribution in [0, 0.1) is 5.92 Å². The number of esters is 4. The molecule has 0 bridgehead atoms. The molecule has 3 rings (SSSR count). The Labute approximate surface area is 109 Å². The fourth-order valence-corrected chi connectivity index (χ4v) is 2.07. The Morgan fingerprint density at radius 2 is 1.58 bits per heavy atom. The van der Waals surface area contributed by atoms with Crippen LogP contribution in [0.5, 0.6) is 0 Å². The molecule has 1 aliphatic carbocycles. The standard InChI is InChI=1S/C7H6O3.C6H6O3/c8-6-4-2-1-3-5(4)7(9)10-6;1-2-4-3-5(7)9-6(4)8/h1-3H2;2,4H,1,3H2. The van der Waals surface area contributed by atoms with E-state index < -0.39 is 29.8 Å². The Bertz CT molecular complexity index is 489. The van der Waals surface area contributed by atoms with E-state index in [0.717, 1.165) is 19.3 Å². The van der Waals surface area contributed by atoms with Gasteiger partial charge in [0.2, 0.25) is 0 Å². The average Bonchev–Trinajstić information content (AvgIpc) is 3.01. The molecule has 1 unspecified atom stereocenters. The summed E-state index contributed by atoms with van der Waals surface area (Å²) in [7, 11) is 0. The molecule has 1 fully saturated rings. The second-order valence-corrected chi connectivity index (χ2v) is 4.33. The lowest BCUT2D eigenvalue weighted by Gasteiger charge is -1.92. The molecule has 19 heavy (non-hydrogen) atoms. The van der Waals surface area contributed by atoms with Crippen molar-refractivity contribution in [1.29, 1.82) is 0 Å². The van der Waals surface area contributed by atoms with E-state index >= 15 is 0 Å². The van der Waals surface area contributed by atoms with Gasteiger partial charge in [0.05, 0.1) is 12.3 Å². The monoisotopic (exact) mass is 264 g/mol. The van der Waals surface area contributed by atoms with E-state index in [1.165, 1.54) is 6.08 Å².